The first-order valence-corrected chi connectivity index (χ1v) is 8.76. The maximum Gasteiger partial charge on any atom is 0.417 e. The van der Waals surface area contributed by atoms with E-state index in [1.165, 1.54) is 11.8 Å². The maximum absolute atomic E-state index is 12.6. The number of H-pyrrole nitrogens is 1. The van der Waals surface area contributed by atoms with Gasteiger partial charge in [-0.25, -0.2) is 9.78 Å². The number of pyridine rings is 1. The number of para-hydroxylation sites is 2. The van der Waals surface area contributed by atoms with E-state index in [0.717, 1.165) is 23.3 Å². The lowest BCUT2D eigenvalue weighted by molar-refractivity contribution is -0.137. The Morgan fingerprint density at radius 1 is 1.28 bits per heavy atom. The second kappa shape index (κ2) is 7.13. The van der Waals surface area contributed by atoms with Crippen molar-refractivity contribution in [2.24, 2.45) is 0 Å². The lowest BCUT2D eigenvalue weighted by Gasteiger charge is -2.09. The van der Waals surface area contributed by atoms with Crippen molar-refractivity contribution in [2.45, 2.75) is 24.2 Å². The number of aryl methyl sites for hydroxylation is 1. The molecule has 0 aliphatic rings. The predicted octanol–water partition coefficient (Wildman–Crippen LogP) is 4.58. The van der Waals surface area contributed by atoms with Gasteiger partial charge in [-0.3, -0.25) is 4.57 Å². The molecule has 0 unspecified atom stereocenters. The Kier molecular flexibility index (Phi) is 5.10. The van der Waals surface area contributed by atoms with E-state index < -0.39 is 11.7 Å². The highest BCUT2D eigenvalue weighted by atomic mass is 35.5. The van der Waals surface area contributed by atoms with Gasteiger partial charge >= 0.3 is 11.9 Å². The zero-order valence-electron chi connectivity index (χ0n) is 12.8. The van der Waals surface area contributed by atoms with Gasteiger partial charge in [0.05, 0.1) is 21.6 Å². The summed E-state index contributed by atoms with van der Waals surface area (Å²) in [6.07, 6.45) is -3.04. The van der Waals surface area contributed by atoms with Gasteiger partial charge in [-0.05, 0) is 24.6 Å². The number of hydrogen-bond acceptors (Lipinski definition) is 3. The van der Waals surface area contributed by atoms with Gasteiger partial charge in [-0.1, -0.05) is 23.7 Å². The van der Waals surface area contributed by atoms with E-state index >= 15 is 0 Å². The highest BCUT2D eigenvalue weighted by Gasteiger charge is 2.31. The molecule has 0 amide bonds. The number of fused-ring (bicyclic) bond motifs is 1. The van der Waals surface area contributed by atoms with Gasteiger partial charge in [0.2, 0.25) is 0 Å². The van der Waals surface area contributed by atoms with Gasteiger partial charge in [0.1, 0.15) is 5.03 Å². The zero-order valence-corrected chi connectivity index (χ0v) is 14.4. The number of aromatic amines is 1. The Balaban J connectivity index is 1.62. The number of thioether (sulfide) groups is 1. The lowest BCUT2D eigenvalue weighted by Crippen LogP contribution is -2.17. The zero-order chi connectivity index (χ0) is 18.0. The number of nitrogens with one attached hydrogen (secondary N) is 1. The molecule has 2 aromatic heterocycles. The van der Waals surface area contributed by atoms with Gasteiger partial charge in [-0.15, -0.1) is 11.8 Å². The van der Waals surface area contributed by atoms with E-state index in [1.54, 1.807) is 4.57 Å². The molecule has 9 heteroatoms. The first kappa shape index (κ1) is 17.9. The first-order chi connectivity index (χ1) is 11.9. The quantitative estimate of drug-likeness (QED) is 0.515. The molecule has 0 spiro atoms. The minimum absolute atomic E-state index is 0.0240. The summed E-state index contributed by atoms with van der Waals surface area (Å²) in [7, 11) is 0. The van der Waals surface area contributed by atoms with Crippen LogP contribution in [0.2, 0.25) is 5.02 Å². The minimum Gasteiger partial charge on any atom is -0.306 e. The molecule has 132 valence electrons. The number of halogens is 4. The van der Waals surface area contributed by atoms with Crippen molar-refractivity contribution < 1.29 is 13.2 Å². The fourth-order valence-electron chi connectivity index (χ4n) is 2.41. The van der Waals surface area contributed by atoms with Crippen molar-refractivity contribution in [1.82, 2.24) is 14.5 Å². The van der Waals surface area contributed by atoms with Gasteiger partial charge in [0.25, 0.3) is 0 Å². The van der Waals surface area contributed by atoms with Crippen molar-refractivity contribution in [3.05, 3.63) is 57.6 Å². The van der Waals surface area contributed by atoms with E-state index in [2.05, 4.69) is 9.97 Å². The smallest absolute Gasteiger partial charge is 0.306 e. The third kappa shape index (κ3) is 4.01. The van der Waals surface area contributed by atoms with E-state index in [0.29, 0.717) is 23.7 Å². The molecule has 3 aromatic rings. The summed E-state index contributed by atoms with van der Waals surface area (Å²) in [4.78, 5) is 18.5. The fourth-order valence-corrected chi connectivity index (χ4v) is 3.53. The molecular formula is C16H13ClF3N3OS. The van der Waals surface area contributed by atoms with E-state index in [4.69, 9.17) is 11.6 Å². The summed E-state index contributed by atoms with van der Waals surface area (Å²) in [5.74, 6) is 0.573. The maximum atomic E-state index is 12.6. The highest BCUT2D eigenvalue weighted by molar-refractivity contribution is 7.99. The van der Waals surface area contributed by atoms with Crippen LogP contribution < -0.4 is 5.69 Å². The van der Waals surface area contributed by atoms with Crippen LogP contribution in [0.5, 0.6) is 0 Å². The third-order valence-corrected chi connectivity index (χ3v) is 5.07. The molecular weight excluding hydrogens is 375 g/mol. The Morgan fingerprint density at radius 2 is 2.04 bits per heavy atom. The average molecular weight is 388 g/mol. The molecule has 25 heavy (non-hydrogen) atoms. The second-order valence-electron chi connectivity index (χ2n) is 5.31. The van der Waals surface area contributed by atoms with Gasteiger partial charge in [-0.2, -0.15) is 13.2 Å². The normalized spacial score (nSPS) is 12.0. The lowest BCUT2D eigenvalue weighted by atomic mass is 10.3. The highest BCUT2D eigenvalue weighted by Crippen LogP contribution is 2.33. The van der Waals surface area contributed by atoms with Crippen molar-refractivity contribution in [1.29, 1.82) is 0 Å². The molecule has 0 aliphatic heterocycles. The molecule has 0 bridgehead atoms. The number of alkyl halides is 3. The Hall–Kier alpha value is -1.93. The molecule has 0 fully saturated rings. The van der Waals surface area contributed by atoms with E-state index in [-0.39, 0.29) is 10.7 Å². The summed E-state index contributed by atoms with van der Waals surface area (Å²) in [6.45, 7) is 0.494. The number of benzene rings is 1. The largest absolute Gasteiger partial charge is 0.417 e. The van der Waals surface area contributed by atoms with Crippen molar-refractivity contribution in [3.63, 3.8) is 0 Å². The van der Waals surface area contributed by atoms with Crippen LogP contribution in [-0.2, 0) is 12.7 Å². The summed E-state index contributed by atoms with van der Waals surface area (Å²) >= 11 is 7.14. The molecule has 1 aromatic carbocycles. The van der Waals surface area contributed by atoms with Crippen LogP contribution >= 0.6 is 23.4 Å². The monoisotopic (exact) mass is 387 g/mol. The molecule has 4 nitrogen and oxygen atoms in total. The standard InChI is InChI=1S/C16H13ClF3N3OS/c17-11-8-10(16(18,19)20)9-21-14(11)25-7-3-6-23-13-5-2-1-4-12(13)22-15(23)24/h1-2,4-5,8-9H,3,6-7H2,(H,22,24). The summed E-state index contributed by atoms with van der Waals surface area (Å²) in [5.41, 5.74) is 0.542. The number of aromatic nitrogens is 3. The van der Waals surface area contributed by atoms with Crippen LogP contribution in [0.25, 0.3) is 11.0 Å². The third-order valence-electron chi connectivity index (χ3n) is 3.58. The van der Waals surface area contributed by atoms with Gasteiger partial charge in [0.15, 0.2) is 0 Å². The molecule has 1 N–H and O–H groups in total. The summed E-state index contributed by atoms with van der Waals surface area (Å²) in [6, 6.07) is 8.26. The molecule has 0 radical (unpaired) electrons. The molecule has 0 atom stereocenters. The Bertz CT molecular complexity index is 952. The molecule has 0 aliphatic carbocycles. The summed E-state index contributed by atoms with van der Waals surface area (Å²) in [5, 5.41) is 0.324. The van der Waals surface area contributed by atoms with Gasteiger partial charge in [0, 0.05) is 18.5 Å². The SMILES string of the molecule is O=c1[nH]c2ccccc2n1CCCSc1ncc(C(F)(F)F)cc1Cl. The van der Waals surface area contributed by atoms with Crippen LogP contribution in [0.4, 0.5) is 13.2 Å². The number of rotatable bonds is 5. The van der Waals surface area contributed by atoms with E-state index in [9.17, 15) is 18.0 Å². The Morgan fingerprint density at radius 3 is 2.76 bits per heavy atom. The van der Waals surface area contributed by atoms with Crippen LogP contribution in [0.3, 0.4) is 0 Å². The van der Waals surface area contributed by atoms with Crippen molar-refractivity contribution >= 4 is 34.4 Å². The van der Waals surface area contributed by atoms with Crippen LogP contribution in [-0.4, -0.2) is 20.3 Å². The fraction of sp³-hybridized carbons (Fsp3) is 0.250. The minimum atomic E-state index is -4.46. The molecule has 0 saturated carbocycles. The average Bonchev–Trinajstić information content (AvgIpc) is 2.87. The van der Waals surface area contributed by atoms with Crippen LogP contribution in [0, 0.1) is 0 Å². The predicted molar refractivity (Wildman–Crippen MR) is 92.1 cm³/mol. The summed E-state index contributed by atoms with van der Waals surface area (Å²) < 4.78 is 39.4. The van der Waals surface area contributed by atoms with Crippen LogP contribution in [0.1, 0.15) is 12.0 Å². The van der Waals surface area contributed by atoms with Gasteiger partial charge < -0.3 is 4.98 Å². The number of hydrogen-bond donors (Lipinski definition) is 1. The van der Waals surface area contributed by atoms with Crippen LogP contribution in [0.15, 0.2) is 46.3 Å². The molecule has 0 saturated heterocycles. The number of nitrogens with zero attached hydrogens (tertiary/aromatic N) is 2. The first-order valence-electron chi connectivity index (χ1n) is 7.39. The second-order valence-corrected chi connectivity index (χ2v) is 6.80. The number of imidazole rings is 1. The Labute approximate surface area is 150 Å². The van der Waals surface area contributed by atoms with E-state index in [1.807, 2.05) is 24.3 Å². The topological polar surface area (TPSA) is 50.7 Å². The van der Waals surface area contributed by atoms with Crippen molar-refractivity contribution in [3.8, 4) is 0 Å². The molecule has 3 rings (SSSR count). The van der Waals surface area contributed by atoms with Crippen molar-refractivity contribution in [2.75, 3.05) is 5.75 Å². The molecule has 2 heterocycles.